The molecule has 162 valence electrons. The van der Waals surface area contributed by atoms with Gasteiger partial charge >= 0.3 is 0 Å². The van der Waals surface area contributed by atoms with E-state index in [9.17, 15) is 0 Å². The van der Waals surface area contributed by atoms with Crippen LogP contribution in [-0.4, -0.2) is 15.0 Å². The van der Waals surface area contributed by atoms with Gasteiger partial charge in [-0.2, -0.15) is 0 Å². The smallest absolute Gasteiger partial charge is 0.0900 e. The summed E-state index contributed by atoms with van der Waals surface area (Å²) in [5, 5.41) is 0. The first-order valence-corrected chi connectivity index (χ1v) is 11.1. The number of hydrogen-bond acceptors (Lipinski definition) is 3. The molecule has 0 saturated heterocycles. The lowest BCUT2D eigenvalue weighted by molar-refractivity contribution is 0.569. The van der Waals surface area contributed by atoms with Gasteiger partial charge in [0.15, 0.2) is 0 Å². The summed E-state index contributed by atoms with van der Waals surface area (Å²) in [4.78, 5) is 14.0. The maximum Gasteiger partial charge on any atom is 0.0900 e. The van der Waals surface area contributed by atoms with Crippen LogP contribution >= 0.6 is 0 Å². The van der Waals surface area contributed by atoms with Crippen molar-refractivity contribution in [1.82, 2.24) is 15.0 Å². The first-order valence-electron chi connectivity index (χ1n) is 11.1. The van der Waals surface area contributed by atoms with Gasteiger partial charge in [-0.1, -0.05) is 71.9 Å². The second-order valence-corrected chi connectivity index (χ2v) is 10.4. The van der Waals surface area contributed by atoms with Crippen LogP contribution in [-0.2, 0) is 10.8 Å². The van der Waals surface area contributed by atoms with Crippen molar-refractivity contribution in [3.05, 3.63) is 90.3 Å². The van der Waals surface area contributed by atoms with Crippen molar-refractivity contribution in [3.8, 4) is 33.9 Å². The molecule has 3 nitrogen and oxygen atoms in total. The Kier molecular flexibility index (Phi) is 5.68. The fraction of sp³-hybridized carbons (Fsp3) is 0.276. The summed E-state index contributed by atoms with van der Waals surface area (Å²) in [6.45, 7) is 13.6. The highest BCUT2D eigenvalue weighted by atomic mass is 14.8. The summed E-state index contributed by atoms with van der Waals surface area (Å²) in [5.41, 5.74) is 8.49. The predicted octanol–water partition coefficient (Wildman–Crippen LogP) is 7.47. The van der Waals surface area contributed by atoms with Gasteiger partial charge < -0.3 is 0 Å². The lowest BCUT2D eigenvalue weighted by Gasteiger charge is -2.26. The maximum absolute atomic E-state index is 4.92. The van der Waals surface area contributed by atoms with Crippen LogP contribution in [0.5, 0.6) is 0 Å². The minimum absolute atomic E-state index is 0.0523. The van der Waals surface area contributed by atoms with Gasteiger partial charge in [-0.3, -0.25) is 9.97 Å². The molecule has 0 aliphatic rings. The van der Waals surface area contributed by atoms with Gasteiger partial charge in [0.05, 0.1) is 22.8 Å². The molecule has 3 aromatic heterocycles. The molecular weight excluding hydrogens is 390 g/mol. The van der Waals surface area contributed by atoms with Crippen LogP contribution in [0, 0.1) is 0 Å². The van der Waals surface area contributed by atoms with Crippen LogP contribution < -0.4 is 0 Å². The van der Waals surface area contributed by atoms with E-state index in [1.807, 2.05) is 48.8 Å². The lowest BCUT2D eigenvalue weighted by atomic mass is 9.79. The van der Waals surface area contributed by atoms with Crippen LogP contribution in [0.25, 0.3) is 33.9 Å². The van der Waals surface area contributed by atoms with Crippen molar-refractivity contribution < 1.29 is 0 Å². The molecule has 1 aromatic carbocycles. The zero-order chi connectivity index (χ0) is 22.9. The van der Waals surface area contributed by atoms with Crippen LogP contribution in [0.3, 0.4) is 0 Å². The summed E-state index contributed by atoms with van der Waals surface area (Å²) in [5.74, 6) is 0. The molecule has 0 unspecified atom stereocenters. The molecule has 4 aromatic rings. The SMILES string of the molecule is CC(C)(C)c1cc(-c2cc(-c3ccccn3)nc(-c3ccccn3)c2)cc(C(C)(C)C)c1. The third-order valence-corrected chi connectivity index (χ3v) is 5.68. The van der Waals surface area contributed by atoms with Gasteiger partial charge in [-0.15, -0.1) is 0 Å². The lowest BCUT2D eigenvalue weighted by Crippen LogP contribution is -2.16. The zero-order valence-corrected chi connectivity index (χ0v) is 19.8. The molecule has 0 aliphatic heterocycles. The highest BCUT2D eigenvalue weighted by Crippen LogP contribution is 2.36. The van der Waals surface area contributed by atoms with Crippen LogP contribution in [0.15, 0.2) is 79.1 Å². The molecule has 3 heteroatoms. The standard InChI is InChI=1S/C29H31N3/c1-28(2,3)22-15-20(16-23(19-22)29(4,5)6)21-17-26(24-11-7-9-13-30-24)32-27(18-21)25-12-8-10-14-31-25/h7-19H,1-6H3. The first kappa shape index (κ1) is 21.9. The number of pyridine rings is 3. The molecule has 4 rings (SSSR count). The minimum Gasteiger partial charge on any atom is -0.255 e. The van der Waals surface area contributed by atoms with Gasteiger partial charge in [0.25, 0.3) is 0 Å². The van der Waals surface area contributed by atoms with E-state index in [0.717, 1.165) is 28.3 Å². The van der Waals surface area contributed by atoms with E-state index in [2.05, 4.69) is 81.8 Å². The number of nitrogens with zero attached hydrogens (tertiary/aromatic N) is 3. The Morgan fingerprint density at radius 2 is 0.938 bits per heavy atom. The van der Waals surface area contributed by atoms with Crippen molar-refractivity contribution >= 4 is 0 Å². The van der Waals surface area contributed by atoms with E-state index in [1.165, 1.54) is 16.7 Å². The largest absolute Gasteiger partial charge is 0.255 e. The average molecular weight is 422 g/mol. The normalized spacial score (nSPS) is 12.1. The number of aromatic nitrogens is 3. The van der Waals surface area contributed by atoms with E-state index in [4.69, 9.17) is 4.98 Å². The second-order valence-electron chi connectivity index (χ2n) is 10.4. The number of rotatable bonds is 3. The van der Waals surface area contributed by atoms with Crippen LogP contribution in [0.4, 0.5) is 0 Å². The zero-order valence-electron chi connectivity index (χ0n) is 19.8. The number of hydrogen-bond donors (Lipinski definition) is 0. The molecule has 0 fully saturated rings. The second kappa shape index (κ2) is 8.31. The minimum atomic E-state index is 0.0523. The maximum atomic E-state index is 4.92. The van der Waals surface area contributed by atoms with E-state index < -0.39 is 0 Å². The number of benzene rings is 1. The molecule has 0 aliphatic carbocycles. The average Bonchev–Trinajstić information content (AvgIpc) is 2.78. The van der Waals surface area contributed by atoms with Crippen molar-refractivity contribution in [2.75, 3.05) is 0 Å². The van der Waals surface area contributed by atoms with Gasteiger partial charge in [0.1, 0.15) is 0 Å². The summed E-state index contributed by atoms with van der Waals surface area (Å²) in [6, 6.07) is 23.1. The van der Waals surface area contributed by atoms with Crippen molar-refractivity contribution in [1.29, 1.82) is 0 Å². The fourth-order valence-electron chi connectivity index (χ4n) is 3.65. The van der Waals surface area contributed by atoms with Gasteiger partial charge in [0.2, 0.25) is 0 Å². The topological polar surface area (TPSA) is 38.7 Å². The molecule has 32 heavy (non-hydrogen) atoms. The summed E-state index contributed by atoms with van der Waals surface area (Å²) in [7, 11) is 0. The predicted molar refractivity (Wildman–Crippen MR) is 134 cm³/mol. The third kappa shape index (κ3) is 4.77. The van der Waals surface area contributed by atoms with Gasteiger partial charge in [-0.05, 0) is 69.5 Å². The summed E-state index contributed by atoms with van der Waals surface area (Å²) < 4.78 is 0. The Morgan fingerprint density at radius 1 is 0.500 bits per heavy atom. The van der Waals surface area contributed by atoms with E-state index >= 15 is 0 Å². The summed E-state index contributed by atoms with van der Waals surface area (Å²) in [6.07, 6.45) is 3.62. The Balaban J connectivity index is 1.97. The Hall–Kier alpha value is -3.33. The molecule has 0 N–H and O–H groups in total. The quantitative estimate of drug-likeness (QED) is 0.344. The van der Waals surface area contributed by atoms with Crippen molar-refractivity contribution in [3.63, 3.8) is 0 Å². The van der Waals surface area contributed by atoms with Gasteiger partial charge in [0, 0.05) is 12.4 Å². The van der Waals surface area contributed by atoms with Crippen LogP contribution in [0.1, 0.15) is 52.7 Å². The van der Waals surface area contributed by atoms with E-state index in [-0.39, 0.29) is 10.8 Å². The highest BCUT2D eigenvalue weighted by molar-refractivity contribution is 5.75. The van der Waals surface area contributed by atoms with Crippen molar-refractivity contribution in [2.24, 2.45) is 0 Å². The third-order valence-electron chi connectivity index (χ3n) is 5.68. The molecule has 0 radical (unpaired) electrons. The summed E-state index contributed by atoms with van der Waals surface area (Å²) >= 11 is 0. The highest BCUT2D eigenvalue weighted by Gasteiger charge is 2.21. The molecule has 0 spiro atoms. The van der Waals surface area contributed by atoms with Crippen LogP contribution in [0.2, 0.25) is 0 Å². The van der Waals surface area contributed by atoms with Crippen molar-refractivity contribution in [2.45, 2.75) is 52.4 Å². The Morgan fingerprint density at radius 3 is 1.31 bits per heavy atom. The Labute approximate surface area is 191 Å². The Bertz CT molecular complexity index is 1120. The molecule has 3 heterocycles. The first-order chi connectivity index (χ1) is 15.1. The molecule has 0 saturated carbocycles. The van der Waals surface area contributed by atoms with Gasteiger partial charge in [-0.25, -0.2) is 4.98 Å². The molecule has 0 atom stereocenters. The fourth-order valence-corrected chi connectivity index (χ4v) is 3.65. The van der Waals surface area contributed by atoms with E-state index in [0.29, 0.717) is 0 Å². The molecular formula is C29H31N3. The molecule has 0 bridgehead atoms. The monoisotopic (exact) mass is 421 g/mol. The molecule has 0 amide bonds. The van der Waals surface area contributed by atoms with E-state index in [1.54, 1.807) is 0 Å².